The number of pyridine rings is 2. The third-order valence-electron chi connectivity index (χ3n) is 4.21. The average Bonchev–Trinajstić information content (AvgIpc) is 2.67. The Morgan fingerprint density at radius 2 is 1.97 bits per heavy atom. The van der Waals surface area contributed by atoms with E-state index in [0.29, 0.717) is 6.20 Å². The van der Waals surface area contributed by atoms with Crippen molar-refractivity contribution in [1.29, 1.82) is 0 Å². The predicted molar refractivity (Wildman–Crippen MR) is 104 cm³/mol. The molecular weight excluding hydrogens is 430 g/mol. The molecule has 1 amide bonds. The maximum absolute atomic E-state index is 14.7. The van der Waals surface area contributed by atoms with Gasteiger partial charge in [0.15, 0.2) is 11.6 Å². The van der Waals surface area contributed by atoms with E-state index in [1.807, 2.05) is 0 Å². The van der Waals surface area contributed by atoms with Crippen LogP contribution in [-0.2, 0) is 11.0 Å². The van der Waals surface area contributed by atoms with E-state index >= 15 is 0 Å². The first kappa shape index (κ1) is 23.6. The summed E-state index contributed by atoms with van der Waals surface area (Å²) >= 11 is 0. The molecule has 0 spiro atoms. The summed E-state index contributed by atoms with van der Waals surface area (Å²) in [4.78, 5) is 23.0. The molecule has 2 N–H and O–H groups in total. The summed E-state index contributed by atoms with van der Waals surface area (Å²) in [6, 6.07) is 3.15. The van der Waals surface area contributed by atoms with Crippen LogP contribution in [0.1, 0.15) is 12.5 Å². The van der Waals surface area contributed by atoms with Crippen LogP contribution in [0.2, 0.25) is 0 Å². The zero-order chi connectivity index (χ0) is 21.2. The minimum atomic E-state index is -4.49. The van der Waals surface area contributed by atoms with E-state index in [1.165, 1.54) is 28.1 Å². The van der Waals surface area contributed by atoms with Gasteiger partial charge in [0.1, 0.15) is 12.4 Å². The highest BCUT2D eigenvalue weighted by Gasteiger charge is 2.32. The van der Waals surface area contributed by atoms with E-state index in [0.717, 1.165) is 6.07 Å². The number of amides is 1. The highest BCUT2D eigenvalue weighted by Crippen LogP contribution is 2.30. The number of nitrogens with zero attached hydrogens (tertiary/aromatic N) is 4. The predicted octanol–water partition coefficient (Wildman–Crippen LogP) is 2.64. The zero-order valence-electron chi connectivity index (χ0n) is 15.9. The quantitative estimate of drug-likeness (QED) is 0.706. The van der Waals surface area contributed by atoms with E-state index in [-0.39, 0.29) is 62.1 Å². The monoisotopic (exact) mass is 449 g/mol. The third kappa shape index (κ3) is 5.28. The van der Waals surface area contributed by atoms with Crippen molar-refractivity contribution in [3.05, 3.63) is 42.0 Å². The number of carbonyl (C=O) groups excluding carboxylic acids is 1. The number of hydrogen-bond acceptors (Lipinski definition) is 6. The number of piperazine rings is 1. The second-order valence-corrected chi connectivity index (χ2v) is 6.60. The Balaban J connectivity index is 0.00000320. The molecule has 164 valence electrons. The van der Waals surface area contributed by atoms with E-state index in [9.17, 15) is 22.4 Å². The first-order valence-electron chi connectivity index (χ1n) is 8.78. The van der Waals surface area contributed by atoms with Crippen LogP contribution in [0, 0.1) is 5.82 Å². The third-order valence-corrected chi connectivity index (χ3v) is 4.21. The van der Waals surface area contributed by atoms with E-state index < -0.39 is 23.5 Å². The minimum absolute atomic E-state index is 0. The summed E-state index contributed by atoms with van der Waals surface area (Å²) in [7, 11) is 0. The molecule has 1 aliphatic heterocycles. The number of halogens is 5. The number of rotatable bonds is 5. The molecule has 3 heterocycles. The van der Waals surface area contributed by atoms with Crippen LogP contribution < -0.4 is 20.3 Å². The average molecular weight is 450 g/mol. The van der Waals surface area contributed by atoms with Crippen LogP contribution >= 0.6 is 12.4 Å². The fourth-order valence-electron chi connectivity index (χ4n) is 2.77. The number of alkyl halides is 3. The van der Waals surface area contributed by atoms with Gasteiger partial charge in [-0.2, -0.15) is 17.6 Å². The van der Waals surface area contributed by atoms with Crippen LogP contribution in [0.15, 0.2) is 30.6 Å². The Kier molecular flexibility index (Phi) is 7.43. The normalized spacial score (nSPS) is 15.6. The molecule has 30 heavy (non-hydrogen) atoms. The molecule has 0 aliphatic carbocycles. The highest BCUT2D eigenvalue weighted by atomic mass is 35.5. The molecule has 1 fully saturated rings. The van der Waals surface area contributed by atoms with Gasteiger partial charge in [0.25, 0.3) is 0 Å². The molecular formula is C18H20ClF4N5O2. The van der Waals surface area contributed by atoms with Gasteiger partial charge in [-0.25, -0.2) is 9.97 Å². The van der Waals surface area contributed by atoms with Gasteiger partial charge >= 0.3 is 6.18 Å². The second-order valence-electron chi connectivity index (χ2n) is 6.60. The number of aromatic nitrogens is 2. The summed E-state index contributed by atoms with van der Waals surface area (Å²) < 4.78 is 58.0. The Bertz CT molecular complexity index is 880. The van der Waals surface area contributed by atoms with Crippen LogP contribution in [0.25, 0.3) is 0 Å². The first-order valence-corrected chi connectivity index (χ1v) is 8.78. The summed E-state index contributed by atoms with van der Waals surface area (Å²) in [5.74, 6) is -1.24. The topological polar surface area (TPSA) is 84.6 Å². The lowest BCUT2D eigenvalue weighted by Crippen LogP contribution is -2.51. The number of hydrogen-bond donors (Lipinski definition) is 1. The molecule has 2 aromatic heterocycles. The van der Waals surface area contributed by atoms with Crippen LogP contribution in [0.5, 0.6) is 5.75 Å². The Morgan fingerprint density at radius 3 is 2.53 bits per heavy atom. The van der Waals surface area contributed by atoms with Gasteiger partial charge in [-0.3, -0.25) is 9.69 Å². The van der Waals surface area contributed by atoms with Crippen LogP contribution in [-0.4, -0.2) is 48.2 Å². The molecule has 1 atom stereocenters. The van der Waals surface area contributed by atoms with Crippen molar-refractivity contribution in [2.75, 3.05) is 36.0 Å². The smallest absolute Gasteiger partial charge is 0.417 e. The Morgan fingerprint density at radius 1 is 1.23 bits per heavy atom. The lowest BCUT2D eigenvalue weighted by molar-refractivity contribution is -0.137. The van der Waals surface area contributed by atoms with Gasteiger partial charge in [0.05, 0.1) is 12.1 Å². The van der Waals surface area contributed by atoms with Crippen molar-refractivity contribution in [3.8, 4) is 5.75 Å². The van der Waals surface area contributed by atoms with E-state index in [4.69, 9.17) is 10.5 Å². The zero-order valence-corrected chi connectivity index (χ0v) is 16.7. The summed E-state index contributed by atoms with van der Waals surface area (Å²) in [5, 5.41) is 0. The van der Waals surface area contributed by atoms with Crippen molar-refractivity contribution >= 4 is 29.9 Å². The second kappa shape index (κ2) is 9.43. The van der Waals surface area contributed by atoms with Gasteiger partial charge in [-0.05, 0) is 19.1 Å². The number of carbonyl (C=O) groups is 1. The van der Waals surface area contributed by atoms with Crippen LogP contribution in [0.3, 0.4) is 0 Å². The Hall–Kier alpha value is -2.66. The maximum atomic E-state index is 14.7. The molecule has 1 saturated heterocycles. The van der Waals surface area contributed by atoms with Gasteiger partial charge < -0.3 is 15.4 Å². The van der Waals surface area contributed by atoms with Crippen LogP contribution in [0.4, 0.5) is 29.2 Å². The molecule has 3 rings (SSSR count). The lowest BCUT2D eigenvalue weighted by Gasteiger charge is -2.34. The van der Waals surface area contributed by atoms with Crippen molar-refractivity contribution in [3.63, 3.8) is 0 Å². The molecule has 0 bridgehead atoms. The van der Waals surface area contributed by atoms with Crippen molar-refractivity contribution in [2.45, 2.75) is 19.1 Å². The van der Waals surface area contributed by atoms with Crippen molar-refractivity contribution in [2.24, 2.45) is 5.73 Å². The van der Waals surface area contributed by atoms with E-state index in [1.54, 1.807) is 6.92 Å². The van der Waals surface area contributed by atoms with Crippen molar-refractivity contribution in [1.82, 2.24) is 9.97 Å². The Labute approximate surface area is 176 Å². The molecule has 0 saturated carbocycles. The number of nitrogens with two attached hydrogens (primary N) is 1. The van der Waals surface area contributed by atoms with Gasteiger partial charge in [0, 0.05) is 37.6 Å². The SMILES string of the molecule is C[C@H](N)COc1ccnc(N2CCN(c3ccc(C(F)(F)F)cn3)CC2=O)c1F.Cl. The number of ether oxygens (including phenoxy) is 1. The summed E-state index contributed by atoms with van der Waals surface area (Å²) in [6.45, 7) is 1.96. The van der Waals surface area contributed by atoms with E-state index in [2.05, 4.69) is 9.97 Å². The van der Waals surface area contributed by atoms with Gasteiger partial charge in [-0.1, -0.05) is 0 Å². The fraction of sp³-hybridized carbons (Fsp3) is 0.389. The molecule has 12 heteroatoms. The summed E-state index contributed by atoms with van der Waals surface area (Å²) in [5.41, 5.74) is 4.72. The molecule has 7 nitrogen and oxygen atoms in total. The van der Waals surface area contributed by atoms with Gasteiger partial charge in [-0.15, -0.1) is 12.4 Å². The minimum Gasteiger partial charge on any atom is -0.489 e. The standard InChI is InChI=1S/C18H19F4N5O2.ClH/c1-11(23)10-29-13-4-5-24-17(16(13)19)27-7-6-26(9-15(27)28)14-3-2-12(8-25-14)18(20,21)22;/h2-5,8,11H,6-7,9-10,23H2,1H3;1H/t11-;/m0./s1. The first-order chi connectivity index (χ1) is 13.7. The molecule has 0 radical (unpaired) electrons. The van der Waals surface area contributed by atoms with Gasteiger partial charge in [0.2, 0.25) is 11.7 Å². The number of anilines is 2. The maximum Gasteiger partial charge on any atom is 0.417 e. The molecule has 0 aromatic carbocycles. The largest absolute Gasteiger partial charge is 0.489 e. The lowest BCUT2D eigenvalue weighted by atomic mass is 10.2. The molecule has 2 aromatic rings. The fourth-order valence-corrected chi connectivity index (χ4v) is 2.77. The van der Waals surface area contributed by atoms with Crippen molar-refractivity contribution < 1.29 is 27.1 Å². The molecule has 0 unspecified atom stereocenters. The summed E-state index contributed by atoms with van der Waals surface area (Å²) in [6.07, 6.45) is -2.45. The highest BCUT2D eigenvalue weighted by molar-refractivity contribution is 5.97. The molecule has 1 aliphatic rings.